The van der Waals surface area contributed by atoms with Gasteiger partial charge in [0.1, 0.15) is 24.4 Å². The molecule has 0 amide bonds. The summed E-state index contributed by atoms with van der Waals surface area (Å²) in [7, 11) is 0. The highest BCUT2D eigenvalue weighted by Crippen LogP contribution is 2.68. The second-order valence-electron chi connectivity index (χ2n) is 10.4. The molecule has 4 aliphatic rings. The normalized spacial score (nSPS) is 44.1. The Morgan fingerprint density at radius 2 is 1.97 bits per heavy atom. The first-order valence-corrected chi connectivity index (χ1v) is 11.3. The van der Waals surface area contributed by atoms with Crippen molar-refractivity contribution in [1.29, 1.82) is 0 Å². The van der Waals surface area contributed by atoms with Crippen LogP contribution in [0.1, 0.15) is 46.5 Å². The minimum atomic E-state index is -1.68. The molecule has 8 atom stereocenters. The Morgan fingerprint density at radius 1 is 1.27 bits per heavy atom. The number of aldehydes is 1. The number of cyclic esters (lactones) is 1. The Labute approximate surface area is 191 Å². The van der Waals surface area contributed by atoms with Gasteiger partial charge in [0, 0.05) is 31.1 Å². The van der Waals surface area contributed by atoms with E-state index in [1.807, 2.05) is 0 Å². The summed E-state index contributed by atoms with van der Waals surface area (Å²) in [6.45, 7) is 7.80. The minimum Gasteiger partial charge on any atom is -0.465 e. The van der Waals surface area contributed by atoms with E-state index in [9.17, 15) is 29.1 Å². The summed E-state index contributed by atoms with van der Waals surface area (Å²) in [5, 5.41) is 11.4. The Balaban J connectivity index is 1.92. The van der Waals surface area contributed by atoms with Gasteiger partial charge in [0.15, 0.2) is 5.78 Å². The summed E-state index contributed by atoms with van der Waals surface area (Å²) in [5.41, 5.74) is -3.66. The van der Waals surface area contributed by atoms with Crippen LogP contribution in [0.15, 0.2) is 12.2 Å². The molecule has 3 aliphatic carbocycles. The molecule has 1 N–H and O–H groups in total. The number of rotatable bonds is 4. The first-order valence-electron chi connectivity index (χ1n) is 11.3. The number of ketones is 1. The Bertz CT molecular complexity index is 940. The van der Waals surface area contributed by atoms with Gasteiger partial charge in [0.2, 0.25) is 0 Å². The number of carbonyl (C=O) groups is 5. The topological polar surface area (TPSA) is 133 Å². The molecule has 1 unspecified atom stereocenters. The van der Waals surface area contributed by atoms with Crippen LogP contribution >= 0.6 is 0 Å². The SMILES string of the molecule is C=C1C(=O)[C@]23C[C@H]1C[C@@H](O)[C@H]2[C@@]1(COC3=O)C(C=O)[C@](C)(COC(C)=O)CC[C@@H]1OC(C)=O. The van der Waals surface area contributed by atoms with Crippen molar-refractivity contribution >= 4 is 30.0 Å². The van der Waals surface area contributed by atoms with Gasteiger partial charge >= 0.3 is 17.9 Å². The molecule has 1 heterocycles. The van der Waals surface area contributed by atoms with Crippen molar-refractivity contribution in [3.05, 3.63) is 12.2 Å². The number of aliphatic hydroxyl groups excluding tert-OH is 1. The maximum Gasteiger partial charge on any atom is 0.320 e. The smallest absolute Gasteiger partial charge is 0.320 e. The van der Waals surface area contributed by atoms with Crippen LogP contribution in [-0.4, -0.2) is 60.5 Å². The molecule has 0 aromatic carbocycles. The zero-order valence-electron chi connectivity index (χ0n) is 19.1. The monoisotopic (exact) mass is 462 g/mol. The van der Waals surface area contributed by atoms with Crippen LogP contribution < -0.4 is 0 Å². The van der Waals surface area contributed by atoms with E-state index >= 15 is 0 Å². The lowest BCUT2D eigenvalue weighted by molar-refractivity contribution is -0.257. The minimum absolute atomic E-state index is 0.0761. The van der Waals surface area contributed by atoms with Crippen molar-refractivity contribution < 1.29 is 43.3 Å². The van der Waals surface area contributed by atoms with E-state index < -0.39 is 64.0 Å². The molecule has 1 aliphatic heterocycles. The molecular weight excluding hydrogens is 432 g/mol. The number of hydrogen-bond acceptors (Lipinski definition) is 9. The quantitative estimate of drug-likeness (QED) is 0.215. The van der Waals surface area contributed by atoms with Gasteiger partial charge in [0.05, 0.1) is 18.1 Å². The summed E-state index contributed by atoms with van der Waals surface area (Å²) in [4.78, 5) is 63.0. The van der Waals surface area contributed by atoms with Gasteiger partial charge in [0.25, 0.3) is 0 Å². The molecule has 9 heteroatoms. The molecule has 9 nitrogen and oxygen atoms in total. The van der Waals surface area contributed by atoms with E-state index in [1.165, 1.54) is 13.8 Å². The second-order valence-corrected chi connectivity index (χ2v) is 10.4. The fourth-order valence-electron chi connectivity index (χ4n) is 7.25. The van der Waals surface area contributed by atoms with Crippen LogP contribution in [-0.2, 0) is 38.2 Å². The highest BCUT2D eigenvalue weighted by Gasteiger charge is 2.77. The third-order valence-corrected chi connectivity index (χ3v) is 8.55. The van der Waals surface area contributed by atoms with Gasteiger partial charge in [-0.25, -0.2) is 0 Å². The number of fused-ring (bicyclic) bond motifs is 2. The molecule has 2 spiro atoms. The number of ether oxygens (including phenoxy) is 3. The van der Waals surface area contributed by atoms with Crippen LogP contribution in [0.5, 0.6) is 0 Å². The van der Waals surface area contributed by atoms with Crippen molar-refractivity contribution in [2.24, 2.45) is 34.0 Å². The van der Waals surface area contributed by atoms with E-state index in [1.54, 1.807) is 6.92 Å². The van der Waals surface area contributed by atoms with Crippen molar-refractivity contribution in [3.63, 3.8) is 0 Å². The molecule has 180 valence electrons. The van der Waals surface area contributed by atoms with E-state index in [-0.39, 0.29) is 44.0 Å². The van der Waals surface area contributed by atoms with Gasteiger partial charge < -0.3 is 24.1 Å². The summed E-state index contributed by atoms with van der Waals surface area (Å²) >= 11 is 0. The lowest BCUT2D eigenvalue weighted by atomic mass is 9.43. The Hall–Kier alpha value is -2.55. The number of esters is 3. The molecule has 0 aromatic heterocycles. The van der Waals surface area contributed by atoms with Crippen molar-refractivity contribution in [2.75, 3.05) is 13.2 Å². The summed E-state index contributed by atoms with van der Waals surface area (Å²) in [6.07, 6.45) is -0.251. The van der Waals surface area contributed by atoms with E-state index in [2.05, 4.69) is 6.58 Å². The van der Waals surface area contributed by atoms with Crippen LogP contribution in [0.2, 0.25) is 0 Å². The number of carbonyl (C=O) groups excluding carboxylic acids is 5. The summed E-state index contributed by atoms with van der Waals surface area (Å²) in [5.74, 6) is -4.59. The van der Waals surface area contributed by atoms with Gasteiger partial charge in [-0.2, -0.15) is 0 Å². The first-order chi connectivity index (χ1) is 15.4. The molecule has 4 rings (SSSR count). The molecule has 0 aromatic rings. The molecular formula is C24H30O9. The van der Waals surface area contributed by atoms with Gasteiger partial charge in [-0.15, -0.1) is 0 Å². The van der Waals surface area contributed by atoms with Gasteiger partial charge in [-0.05, 0) is 37.2 Å². The third kappa shape index (κ3) is 3.11. The maximum absolute atomic E-state index is 13.4. The second kappa shape index (κ2) is 7.75. The summed E-state index contributed by atoms with van der Waals surface area (Å²) in [6, 6.07) is 0. The van der Waals surface area contributed by atoms with E-state index in [0.717, 1.165) is 0 Å². The standard InChI is InChI=1S/C24H30O9/c1-12-15-7-16(28)19-23(8-15,20(12)29)21(30)32-11-24(19)17(9-25)22(4,10-31-13(2)26)6-5-18(24)33-14(3)27/h9,15-19,28H,1,5-8,10-11H2,2-4H3/t15-,16-,17?,18+,19-,22+,23+,24+/m1/s1. The molecule has 3 saturated carbocycles. The molecule has 0 radical (unpaired) electrons. The van der Waals surface area contributed by atoms with Crippen LogP contribution in [0, 0.1) is 34.0 Å². The van der Waals surface area contributed by atoms with Crippen molar-refractivity contribution in [3.8, 4) is 0 Å². The summed E-state index contributed by atoms with van der Waals surface area (Å²) < 4.78 is 16.6. The molecule has 4 fully saturated rings. The number of allylic oxidation sites excluding steroid dienone is 1. The average molecular weight is 462 g/mol. The van der Waals surface area contributed by atoms with E-state index in [0.29, 0.717) is 12.7 Å². The van der Waals surface area contributed by atoms with Crippen LogP contribution in [0.3, 0.4) is 0 Å². The third-order valence-electron chi connectivity index (χ3n) is 8.55. The van der Waals surface area contributed by atoms with E-state index in [4.69, 9.17) is 14.2 Å². The van der Waals surface area contributed by atoms with Crippen molar-refractivity contribution in [1.82, 2.24) is 0 Å². The van der Waals surface area contributed by atoms with Crippen LogP contribution in [0.25, 0.3) is 0 Å². The maximum atomic E-state index is 13.4. The zero-order valence-corrected chi connectivity index (χ0v) is 19.1. The van der Waals surface area contributed by atoms with Crippen LogP contribution in [0.4, 0.5) is 0 Å². The number of hydrogen-bond donors (Lipinski definition) is 1. The molecule has 33 heavy (non-hydrogen) atoms. The highest BCUT2D eigenvalue weighted by molar-refractivity contribution is 6.15. The largest absolute Gasteiger partial charge is 0.465 e. The molecule has 1 saturated heterocycles. The predicted molar refractivity (Wildman–Crippen MR) is 111 cm³/mol. The fourth-order valence-corrected chi connectivity index (χ4v) is 7.25. The molecule has 2 bridgehead atoms. The van der Waals surface area contributed by atoms with Crippen molar-refractivity contribution in [2.45, 2.75) is 58.7 Å². The fraction of sp³-hybridized carbons (Fsp3) is 0.708. The van der Waals surface area contributed by atoms with Gasteiger partial charge in [-0.3, -0.25) is 19.2 Å². The van der Waals surface area contributed by atoms with Gasteiger partial charge in [-0.1, -0.05) is 13.5 Å². The lowest BCUT2D eigenvalue weighted by Gasteiger charge is -2.62. The highest BCUT2D eigenvalue weighted by atomic mass is 16.6. The average Bonchev–Trinajstić information content (AvgIpc) is 2.93. The Kier molecular flexibility index (Phi) is 5.54. The number of aliphatic hydroxyl groups is 1. The predicted octanol–water partition coefficient (Wildman–Crippen LogP) is 1.15. The zero-order chi connectivity index (χ0) is 24.3. The lowest BCUT2D eigenvalue weighted by Crippen LogP contribution is -2.71. The first kappa shape index (κ1) is 23.6. The number of Topliss-reactive ketones (excluding diaryl/α,β-unsaturated/α-hetero) is 1. The Morgan fingerprint density at radius 3 is 2.58 bits per heavy atom.